The Balaban J connectivity index is 0.00000263. The van der Waals surface area contributed by atoms with Gasteiger partial charge in [-0.2, -0.15) is 13.2 Å². The Labute approximate surface area is 605 Å². The third-order valence-electron chi connectivity index (χ3n) is 18.3. The van der Waals surface area contributed by atoms with Crippen LogP contribution in [0.15, 0.2) is 121 Å². The first-order valence-corrected chi connectivity index (χ1v) is 35.4. The number of unbranched alkanes of at least 4 members (excludes halogenated alkanes) is 2. The number of amides is 9. The Morgan fingerprint density at radius 1 is 0.442 bits per heavy atom. The second-order valence-corrected chi connectivity index (χ2v) is 27.6. The van der Waals surface area contributed by atoms with Crippen LogP contribution in [0.3, 0.4) is 0 Å². The summed E-state index contributed by atoms with van der Waals surface area (Å²) >= 11 is 0. The van der Waals surface area contributed by atoms with Crippen molar-refractivity contribution in [1.29, 1.82) is 0 Å². The van der Waals surface area contributed by atoms with Crippen molar-refractivity contribution in [2.45, 2.75) is 196 Å². The highest BCUT2D eigenvalue weighted by Crippen LogP contribution is 2.29. The molecule has 570 valence electrons. The van der Waals surface area contributed by atoms with E-state index in [9.17, 15) is 66.2 Å². The van der Waals surface area contributed by atoms with Crippen molar-refractivity contribution < 1.29 is 76.1 Å². The molecule has 2 saturated heterocycles. The molecular formula is C74H105F3N14O13. The van der Waals surface area contributed by atoms with E-state index in [1.165, 1.54) is 9.80 Å². The molecule has 0 unspecified atom stereocenters. The van der Waals surface area contributed by atoms with Crippen molar-refractivity contribution >= 4 is 65.1 Å². The molecule has 0 radical (unpaired) electrons. The van der Waals surface area contributed by atoms with Crippen LogP contribution in [-0.2, 0) is 78.4 Å². The van der Waals surface area contributed by atoms with E-state index in [4.69, 9.17) is 38.6 Å². The molecule has 9 amide bonds. The van der Waals surface area contributed by atoms with E-state index in [0.717, 1.165) is 22.3 Å². The summed E-state index contributed by atoms with van der Waals surface area (Å²) in [5.74, 6) is -9.62. The number of rotatable bonds is 37. The van der Waals surface area contributed by atoms with Crippen molar-refractivity contribution in [2.75, 3.05) is 39.3 Å². The number of benzene rings is 4. The predicted molar refractivity (Wildman–Crippen MR) is 384 cm³/mol. The number of aliphatic carboxylic acids is 2. The standard InChI is InChI=1S/C72H104N14O11.C2HF3O2/c1-47(2)41-57(82-65(91)59(45-51-25-13-7-14-26-51)80-61(87)53(75)43-49-21-9-5-10-22-49)63(89)78-55(29-17-19-35-73)67(93)85-37-31-71(77,32-38-85)69(95)84-72(70(96)97)33-39-86(40-34-72)68(94)56(30-18-20-36-74)79-64(90)58(42-48(3)4)83-66(92)60(46-52-27-15-8-16-28-52)81-62(88)54(76)44-50-23-11-6-12-24-50;3-2(4,5)1(6)7/h5-16,21-28,47-48,53-60H,17-20,29-46,73-77H2,1-4H3,(H,78,89)(H,79,90)(H,80,87)(H,81,88)(H,82,91)(H,83,92)(H,84,95)(H,96,97);(H,6,7)/t53-,54-,55-,56-,57-,58-,59-,60-;/m1./s1. The lowest BCUT2D eigenvalue weighted by Crippen LogP contribution is -2.68. The van der Waals surface area contributed by atoms with Crippen LogP contribution in [0.4, 0.5) is 13.2 Å². The normalized spacial score (nSPS) is 16.4. The highest BCUT2D eigenvalue weighted by atomic mass is 19.4. The van der Waals surface area contributed by atoms with E-state index in [2.05, 4.69) is 37.2 Å². The first kappa shape index (κ1) is 85.3. The summed E-state index contributed by atoms with van der Waals surface area (Å²) in [6.07, 6.45) is -2.31. The van der Waals surface area contributed by atoms with Crippen LogP contribution in [-0.4, -0.2) is 190 Å². The van der Waals surface area contributed by atoms with Crippen molar-refractivity contribution in [1.82, 2.24) is 47.0 Å². The number of hydrogen-bond acceptors (Lipinski definition) is 16. The van der Waals surface area contributed by atoms with E-state index in [-0.39, 0.29) is 115 Å². The molecule has 2 aliphatic heterocycles. The Bertz CT molecular complexity index is 3440. The van der Waals surface area contributed by atoms with E-state index in [1.807, 2.05) is 149 Å². The maximum absolute atomic E-state index is 14.6. The highest BCUT2D eigenvalue weighted by molar-refractivity contribution is 5.97. The first-order chi connectivity index (χ1) is 49.3. The summed E-state index contributed by atoms with van der Waals surface area (Å²) in [5, 5.41) is 37.8. The zero-order valence-electron chi connectivity index (χ0n) is 59.7. The molecule has 4 aromatic carbocycles. The summed E-state index contributed by atoms with van der Waals surface area (Å²) in [6, 6.07) is 28.0. The van der Waals surface area contributed by atoms with Crippen molar-refractivity contribution in [2.24, 2.45) is 40.5 Å². The average Bonchev–Trinajstić information content (AvgIpc) is 0.779. The number of nitrogens with two attached hydrogens (primary N) is 5. The lowest BCUT2D eigenvalue weighted by atomic mass is 9.83. The van der Waals surface area contributed by atoms with Crippen LogP contribution in [0, 0.1) is 11.8 Å². The summed E-state index contributed by atoms with van der Waals surface area (Å²) in [4.78, 5) is 153. The minimum atomic E-state index is -5.08. The lowest BCUT2D eigenvalue weighted by molar-refractivity contribution is -0.192. The second-order valence-electron chi connectivity index (χ2n) is 27.6. The van der Waals surface area contributed by atoms with Gasteiger partial charge in [0.05, 0.1) is 17.6 Å². The monoisotopic (exact) mass is 1450 g/mol. The van der Waals surface area contributed by atoms with Gasteiger partial charge in [-0.15, -0.1) is 0 Å². The number of carbonyl (C=O) groups excluding carboxylic acids is 9. The number of alkyl halides is 3. The molecule has 0 bridgehead atoms. The van der Waals surface area contributed by atoms with Gasteiger partial charge in [0.15, 0.2) is 0 Å². The van der Waals surface area contributed by atoms with E-state index >= 15 is 0 Å². The fraction of sp³-hybridized carbons (Fsp3) is 0.527. The van der Waals surface area contributed by atoms with Crippen molar-refractivity contribution in [3.63, 3.8) is 0 Å². The average molecular weight is 1460 g/mol. The Morgan fingerprint density at radius 3 is 1.03 bits per heavy atom. The number of hydrogen-bond donors (Lipinski definition) is 14. The molecule has 27 nitrogen and oxygen atoms in total. The lowest BCUT2D eigenvalue weighted by Gasteiger charge is -2.44. The van der Waals surface area contributed by atoms with E-state index in [0.29, 0.717) is 38.8 Å². The van der Waals surface area contributed by atoms with Gasteiger partial charge in [0.25, 0.3) is 0 Å². The van der Waals surface area contributed by atoms with E-state index in [1.54, 1.807) is 0 Å². The fourth-order valence-electron chi connectivity index (χ4n) is 12.2. The quantitative estimate of drug-likeness (QED) is 0.0288. The molecule has 2 heterocycles. The Kier molecular flexibility index (Phi) is 34.3. The summed E-state index contributed by atoms with van der Waals surface area (Å²) < 4.78 is 31.7. The fourth-order valence-corrected chi connectivity index (χ4v) is 12.2. The van der Waals surface area contributed by atoms with Crippen molar-refractivity contribution in [3.8, 4) is 0 Å². The molecule has 0 aromatic heterocycles. The molecule has 104 heavy (non-hydrogen) atoms. The predicted octanol–water partition coefficient (Wildman–Crippen LogP) is 2.39. The van der Waals surface area contributed by atoms with Crippen molar-refractivity contribution in [3.05, 3.63) is 144 Å². The smallest absolute Gasteiger partial charge is 0.480 e. The number of nitrogens with zero attached hydrogens (tertiary/aromatic N) is 2. The Morgan fingerprint density at radius 2 is 0.731 bits per heavy atom. The maximum atomic E-state index is 14.6. The summed E-state index contributed by atoms with van der Waals surface area (Å²) in [6.45, 7) is 7.87. The summed E-state index contributed by atoms with van der Waals surface area (Å²) in [7, 11) is 0. The highest BCUT2D eigenvalue weighted by Gasteiger charge is 2.49. The van der Waals surface area contributed by atoms with Gasteiger partial charge < -0.3 is 85.9 Å². The largest absolute Gasteiger partial charge is 0.490 e. The third-order valence-corrected chi connectivity index (χ3v) is 18.3. The zero-order valence-corrected chi connectivity index (χ0v) is 59.7. The maximum Gasteiger partial charge on any atom is 0.490 e. The topological polar surface area (TPSA) is 449 Å². The minimum Gasteiger partial charge on any atom is -0.480 e. The minimum absolute atomic E-state index is 0.0263. The van der Waals surface area contributed by atoms with Crippen LogP contribution in [0.1, 0.15) is 127 Å². The van der Waals surface area contributed by atoms with Gasteiger partial charge in [0.1, 0.15) is 41.8 Å². The molecule has 0 saturated carbocycles. The Hall–Kier alpha value is -9.36. The van der Waals surface area contributed by atoms with Crippen LogP contribution in [0.2, 0.25) is 0 Å². The number of halogens is 3. The van der Waals surface area contributed by atoms with Gasteiger partial charge in [-0.1, -0.05) is 149 Å². The van der Waals surface area contributed by atoms with Gasteiger partial charge in [-0.3, -0.25) is 43.2 Å². The number of carboxylic acids is 2. The SMILES string of the molecule is CC(C)C[C@@H](NC(=O)[C@@H](Cc1ccccc1)NC(=O)[C@H](N)Cc1ccccc1)C(=O)N[C@H](CCCCN)C(=O)N1CCC(N)(C(=O)NC2(C(=O)O)CCN(C(=O)[C@@H](CCCCN)NC(=O)[C@@H](CC(C)C)NC(=O)[C@@H](Cc3ccccc3)NC(=O)[C@H](N)Cc3ccccc3)CC2)CC1.O=C(O)C(F)(F)F. The van der Waals surface area contributed by atoms with E-state index < -0.39 is 131 Å². The van der Waals surface area contributed by atoms with Crippen LogP contribution in [0.25, 0.3) is 0 Å². The molecule has 19 N–H and O–H groups in total. The number of piperidine rings is 2. The molecule has 0 aliphatic carbocycles. The number of carboxylic acid groups (broad SMARTS) is 2. The second kappa shape index (κ2) is 41.8. The number of nitrogens with one attached hydrogen (secondary N) is 7. The van der Waals surface area contributed by atoms with Crippen LogP contribution < -0.4 is 65.9 Å². The molecule has 4 aromatic rings. The van der Waals surface area contributed by atoms with Gasteiger partial charge in [-0.05, 0) is 137 Å². The molecule has 2 fully saturated rings. The van der Waals surface area contributed by atoms with Crippen LogP contribution >= 0.6 is 0 Å². The molecule has 6 rings (SSSR count). The number of carbonyl (C=O) groups is 11. The molecule has 30 heteroatoms. The molecule has 2 aliphatic rings. The molecule has 0 spiro atoms. The van der Waals surface area contributed by atoms with Gasteiger partial charge in [0, 0.05) is 39.0 Å². The molecular weight excluding hydrogens is 1350 g/mol. The van der Waals surface area contributed by atoms with Gasteiger partial charge >= 0.3 is 18.1 Å². The first-order valence-electron chi connectivity index (χ1n) is 35.4. The zero-order chi connectivity index (χ0) is 76.7. The molecule has 8 atom stereocenters. The third kappa shape index (κ3) is 27.7. The van der Waals surface area contributed by atoms with Crippen LogP contribution in [0.5, 0.6) is 0 Å². The van der Waals surface area contributed by atoms with Gasteiger partial charge in [0.2, 0.25) is 53.2 Å². The summed E-state index contributed by atoms with van der Waals surface area (Å²) in [5.41, 5.74) is 31.0. The number of likely N-dealkylation sites (tertiary alicyclic amines) is 2. The van der Waals surface area contributed by atoms with Gasteiger partial charge in [-0.25, -0.2) is 9.59 Å².